The van der Waals surface area contributed by atoms with Crippen molar-refractivity contribution in [3.8, 4) is 11.5 Å². The lowest BCUT2D eigenvalue weighted by Gasteiger charge is -2.41. The molecule has 9 nitrogen and oxygen atoms in total. The SMILES string of the molecule is C=CCCC(=O)N(CCc1cccc(F)c1)[C@@H]1C=C(C(=O)NCCO)[C@@H]2c3cc(CO)cc(OC)c3O[C@@H]2[C@H]1O. The number of carbonyl (C=O) groups excluding carboxylic acids is 2. The molecule has 214 valence electrons. The van der Waals surface area contributed by atoms with Crippen LogP contribution in [0.3, 0.4) is 0 Å². The molecule has 2 amide bonds. The number of aliphatic hydroxyl groups is 3. The number of methoxy groups -OCH3 is 1. The van der Waals surface area contributed by atoms with Crippen LogP contribution in [0.4, 0.5) is 4.39 Å². The van der Waals surface area contributed by atoms with Gasteiger partial charge in [0.05, 0.1) is 32.3 Å². The minimum Gasteiger partial charge on any atom is -0.493 e. The number of rotatable bonds is 12. The Morgan fingerprint density at radius 2 is 2.02 bits per heavy atom. The highest BCUT2D eigenvalue weighted by molar-refractivity contribution is 5.96. The van der Waals surface area contributed by atoms with Crippen LogP contribution in [-0.4, -0.2) is 77.1 Å². The molecule has 1 aliphatic carbocycles. The zero-order valence-corrected chi connectivity index (χ0v) is 22.4. The Bertz CT molecular complexity index is 1280. The average molecular weight is 555 g/mol. The van der Waals surface area contributed by atoms with Crippen molar-refractivity contribution in [1.29, 1.82) is 0 Å². The smallest absolute Gasteiger partial charge is 0.247 e. The largest absolute Gasteiger partial charge is 0.493 e. The molecule has 2 aromatic rings. The van der Waals surface area contributed by atoms with Crippen molar-refractivity contribution in [1.82, 2.24) is 10.2 Å². The summed E-state index contributed by atoms with van der Waals surface area (Å²) >= 11 is 0. The van der Waals surface area contributed by atoms with Crippen molar-refractivity contribution in [2.24, 2.45) is 0 Å². The molecule has 0 fully saturated rings. The number of hydrogen-bond donors (Lipinski definition) is 4. The van der Waals surface area contributed by atoms with Gasteiger partial charge in [0.15, 0.2) is 11.5 Å². The van der Waals surface area contributed by atoms with Crippen LogP contribution in [0.1, 0.15) is 35.4 Å². The molecule has 0 saturated carbocycles. The van der Waals surface area contributed by atoms with Gasteiger partial charge in [0.2, 0.25) is 11.8 Å². The van der Waals surface area contributed by atoms with Gasteiger partial charge in [0.1, 0.15) is 18.0 Å². The first-order valence-corrected chi connectivity index (χ1v) is 13.2. The number of ether oxygens (including phenoxy) is 2. The number of benzene rings is 2. The van der Waals surface area contributed by atoms with Gasteiger partial charge in [-0.3, -0.25) is 9.59 Å². The summed E-state index contributed by atoms with van der Waals surface area (Å²) in [6.07, 6.45) is 1.91. The van der Waals surface area contributed by atoms with E-state index in [2.05, 4.69) is 11.9 Å². The van der Waals surface area contributed by atoms with Crippen molar-refractivity contribution in [2.45, 2.75) is 50.0 Å². The Balaban J connectivity index is 1.76. The average Bonchev–Trinajstić information content (AvgIpc) is 3.35. The van der Waals surface area contributed by atoms with E-state index in [9.17, 15) is 29.3 Å². The van der Waals surface area contributed by atoms with Gasteiger partial charge in [0, 0.05) is 30.6 Å². The van der Waals surface area contributed by atoms with Crippen molar-refractivity contribution in [3.05, 3.63) is 83.2 Å². The van der Waals surface area contributed by atoms with Crippen LogP contribution in [0, 0.1) is 5.82 Å². The molecular formula is C30H35FN2O7. The number of allylic oxidation sites excluding steroid dienone is 1. The van der Waals surface area contributed by atoms with Gasteiger partial charge in [-0.15, -0.1) is 6.58 Å². The molecule has 0 saturated heterocycles. The maximum atomic E-state index is 13.8. The lowest BCUT2D eigenvalue weighted by Crippen LogP contribution is -2.56. The standard InChI is InChI=1S/C30H35FN2O7/c1-3-4-8-25(36)33(11-9-18-6-5-7-20(31)13-18)23-16-22(30(38)32-10-12-34)26-21-14-19(17-35)15-24(39-2)28(21)40-29(26)27(23)37/h3,5-7,13-16,23,26-27,29,34-35,37H,1,4,8-12,17H2,2H3,(H,32,38)/t23-,26+,27+,29+/m1/s1. The third-order valence-electron chi connectivity index (χ3n) is 7.27. The Hall–Kier alpha value is -3.73. The first-order chi connectivity index (χ1) is 19.3. The predicted octanol–water partition coefficient (Wildman–Crippen LogP) is 1.99. The highest BCUT2D eigenvalue weighted by atomic mass is 19.1. The molecule has 2 aliphatic rings. The van der Waals surface area contributed by atoms with E-state index in [0.29, 0.717) is 41.0 Å². The van der Waals surface area contributed by atoms with Crippen molar-refractivity contribution >= 4 is 11.8 Å². The van der Waals surface area contributed by atoms with Crippen LogP contribution in [0.15, 0.2) is 60.7 Å². The summed E-state index contributed by atoms with van der Waals surface area (Å²) < 4.78 is 25.5. The van der Waals surface area contributed by atoms with Crippen molar-refractivity contribution in [3.63, 3.8) is 0 Å². The molecule has 1 aliphatic heterocycles. The monoisotopic (exact) mass is 554 g/mol. The second-order valence-electron chi connectivity index (χ2n) is 9.81. The molecule has 4 rings (SSSR count). The van der Waals surface area contributed by atoms with Gasteiger partial charge in [-0.05, 0) is 54.3 Å². The van der Waals surface area contributed by atoms with Gasteiger partial charge < -0.3 is 35.0 Å². The van der Waals surface area contributed by atoms with E-state index in [1.807, 2.05) is 0 Å². The van der Waals surface area contributed by atoms with Crippen LogP contribution in [-0.2, 0) is 22.6 Å². The van der Waals surface area contributed by atoms with Gasteiger partial charge in [-0.25, -0.2) is 4.39 Å². The topological polar surface area (TPSA) is 129 Å². The number of halogens is 1. The van der Waals surface area contributed by atoms with Gasteiger partial charge in [0.25, 0.3) is 0 Å². The lowest BCUT2D eigenvalue weighted by molar-refractivity contribution is -0.137. The molecular weight excluding hydrogens is 519 g/mol. The molecule has 0 radical (unpaired) electrons. The fraction of sp³-hybridized carbons (Fsp3) is 0.400. The van der Waals surface area contributed by atoms with E-state index < -0.39 is 35.9 Å². The highest BCUT2D eigenvalue weighted by Gasteiger charge is 2.51. The first kappa shape index (κ1) is 29.3. The molecule has 0 spiro atoms. The quantitative estimate of drug-likeness (QED) is 0.296. The van der Waals surface area contributed by atoms with Crippen LogP contribution in [0.25, 0.3) is 0 Å². The number of nitrogens with zero attached hydrogens (tertiary/aromatic N) is 1. The maximum absolute atomic E-state index is 13.8. The predicted molar refractivity (Wildman–Crippen MR) is 145 cm³/mol. The van der Waals surface area contributed by atoms with Crippen LogP contribution in [0.5, 0.6) is 11.5 Å². The van der Waals surface area contributed by atoms with E-state index in [-0.39, 0.29) is 44.2 Å². The summed E-state index contributed by atoms with van der Waals surface area (Å²) in [6, 6.07) is 8.49. The molecule has 1 heterocycles. The van der Waals surface area contributed by atoms with Gasteiger partial charge >= 0.3 is 0 Å². The molecule has 0 unspecified atom stereocenters. The van der Waals surface area contributed by atoms with Gasteiger partial charge in [-0.2, -0.15) is 0 Å². The van der Waals surface area contributed by atoms with E-state index in [1.165, 1.54) is 24.1 Å². The second-order valence-corrected chi connectivity index (χ2v) is 9.81. The molecule has 4 atom stereocenters. The molecule has 40 heavy (non-hydrogen) atoms. The molecule has 2 aromatic carbocycles. The second kappa shape index (κ2) is 13.1. The molecule has 10 heteroatoms. The summed E-state index contributed by atoms with van der Waals surface area (Å²) in [5.74, 6) is -1.15. The fourth-order valence-electron chi connectivity index (χ4n) is 5.37. The Morgan fingerprint density at radius 1 is 1.23 bits per heavy atom. The number of fused-ring (bicyclic) bond motifs is 3. The van der Waals surface area contributed by atoms with Crippen LogP contribution < -0.4 is 14.8 Å². The van der Waals surface area contributed by atoms with Crippen molar-refractivity contribution < 1.29 is 38.8 Å². The Kier molecular flexibility index (Phi) is 9.57. The van der Waals surface area contributed by atoms with E-state index in [1.54, 1.807) is 36.4 Å². The zero-order chi connectivity index (χ0) is 28.8. The third kappa shape index (κ3) is 6.04. The zero-order valence-electron chi connectivity index (χ0n) is 22.4. The van der Waals surface area contributed by atoms with Gasteiger partial charge in [-0.1, -0.05) is 18.2 Å². The highest BCUT2D eigenvalue weighted by Crippen LogP contribution is 2.51. The third-order valence-corrected chi connectivity index (χ3v) is 7.27. The summed E-state index contributed by atoms with van der Waals surface area (Å²) in [4.78, 5) is 28.3. The van der Waals surface area contributed by atoms with Crippen LogP contribution >= 0.6 is 0 Å². The lowest BCUT2D eigenvalue weighted by atomic mass is 9.77. The molecule has 0 bridgehead atoms. The molecule has 0 aromatic heterocycles. The van der Waals surface area contributed by atoms with Crippen molar-refractivity contribution in [2.75, 3.05) is 26.8 Å². The van der Waals surface area contributed by atoms with E-state index >= 15 is 0 Å². The van der Waals surface area contributed by atoms with Crippen LogP contribution in [0.2, 0.25) is 0 Å². The normalized spacial score (nSPS) is 21.0. The fourth-order valence-corrected chi connectivity index (χ4v) is 5.37. The number of nitrogens with one attached hydrogen (secondary N) is 1. The Morgan fingerprint density at radius 3 is 2.70 bits per heavy atom. The summed E-state index contributed by atoms with van der Waals surface area (Å²) in [5, 5.41) is 33.4. The van der Waals surface area contributed by atoms with E-state index in [4.69, 9.17) is 9.47 Å². The minimum absolute atomic E-state index is 0.00997. The first-order valence-electron chi connectivity index (χ1n) is 13.2. The summed E-state index contributed by atoms with van der Waals surface area (Å²) in [6.45, 7) is 3.32. The number of carbonyl (C=O) groups is 2. The molecule has 4 N–H and O–H groups in total. The maximum Gasteiger partial charge on any atom is 0.247 e. The number of aliphatic hydroxyl groups excluding tert-OH is 3. The number of hydrogen-bond acceptors (Lipinski definition) is 7. The summed E-state index contributed by atoms with van der Waals surface area (Å²) in [7, 11) is 1.46. The van der Waals surface area contributed by atoms with E-state index in [0.717, 1.165) is 0 Å². The number of amides is 2. The minimum atomic E-state index is -1.23. The summed E-state index contributed by atoms with van der Waals surface area (Å²) in [5.41, 5.74) is 2.06. The Labute approximate surface area is 232 Å².